The third-order valence-corrected chi connectivity index (χ3v) is 3.77. The third-order valence-electron chi connectivity index (χ3n) is 3.77. The molecule has 0 radical (unpaired) electrons. The first-order chi connectivity index (χ1) is 9.74. The largest absolute Gasteiger partial charge is 0.356 e. The summed E-state index contributed by atoms with van der Waals surface area (Å²) >= 11 is 0. The van der Waals surface area contributed by atoms with Gasteiger partial charge in [-0.15, -0.1) is 24.0 Å². The molecule has 0 saturated heterocycles. The van der Waals surface area contributed by atoms with Crippen molar-refractivity contribution < 1.29 is 4.39 Å². The number of hydrogen-bond acceptors (Lipinski definition) is 1. The van der Waals surface area contributed by atoms with E-state index in [1.807, 2.05) is 12.1 Å². The van der Waals surface area contributed by atoms with Crippen LogP contribution < -0.4 is 10.6 Å². The number of benzene rings is 1. The van der Waals surface area contributed by atoms with Crippen molar-refractivity contribution in [3.63, 3.8) is 0 Å². The average molecular weight is 405 g/mol. The lowest BCUT2D eigenvalue weighted by Gasteiger charge is -2.12. The minimum absolute atomic E-state index is 0. The van der Waals surface area contributed by atoms with Gasteiger partial charge in [-0.05, 0) is 36.8 Å². The van der Waals surface area contributed by atoms with Crippen molar-refractivity contribution in [2.75, 3.05) is 13.6 Å². The Balaban J connectivity index is 0.00000220. The first-order valence-corrected chi connectivity index (χ1v) is 7.45. The molecule has 2 N–H and O–H groups in total. The summed E-state index contributed by atoms with van der Waals surface area (Å²) in [7, 11) is 1.77. The smallest absolute Gasteiger partial charge is 0.191 e. The van der Waals surface area contributed by atoms with E-state index < -0.39 is 0 Å². The van der Waals surface area contributed by atoms with Gasteiger partial charge < -0.3 is 10.6 Å². The van der Waals surface area contributed by atoms with E-state index in [1.165, 1.54) is 25.3 Å². The molecule has 21 heavy (non-hydrogen) atoms. The molecule has 0 amide bonds. The number of rotatable bonds is 6. The Labute approximate surface area is 143 Å². The maximum absolute atomic E-state index is 13.5. The maximum atomic E-state index is 13.5. The minimum atomic E-state index is -0.137. The van der Waals surface area contributed by atoms with Crippen molar-refractivity contribution in [1.82, 2.24) is 10.6 Å². The van der Waals surface area contributed by atoms with E-state index in [-0.39, 0.29) is 29.8 Å². The van der Waals surface area contributed by atoms with Crippen molar-refractivity contribution >= 4 is 29.9 Å². The predicted molar refractivity (Wildman–Crippen MR) is 96.8 cm³/mol. The highest BCUT2D eigenvalue weighted by Crippen LogP contribution is 2.34. The SMILES string of the molecule is CCCC1CC1NC(=NC)NCCc1ccccc1F.I. The zero-order valence-electron chi connectivity index (χ0n) is 12.7. The van der Waals surface area contributed by atoms with Crippen LogP contribution in [0.1, 0.15) is 31.7 Å². The topological polar surface area (TPSA) is 36.4 Å². The number of halogens is 2. The summed E-state index contributed by atoms with van der Waals surface area (Å²) in [5.41, 5.74) is 0.741. The van der Waals surface area contributed by atoms with E-state index >= 15 is 0 Å². The highest BCUT2D eigenvalue weighted by atomic mass is 127. The van der Waals surface area contributed by atoms with Crippen LogP contribution in [-0.2, 0) is 6.42 Å². The molecule has 2 rings (SSSR count). The van der Waals surface area contributed by atoms with Crippen LogP contribution in [0.25, 0.3) is 0 Å². The molecular weight excluding hydrogens is 380 g/mol. The Morgan fingerprint density at radius 2 is 2.14 bits per heavy atom. The summed E-state index contributed by atoms with van der Waals surface area (Å²) in [6, 6.07) is 7.47. The molecule has 0 spiro atoms. The van der Waals surface area contributed by atoms with Crippen LogP contribution >= 0.6 is 24.0 Å². The van der Waals surface area contributed by atoms with Gasteiger partial charge in [0, 0.05) is 19.6 Å². The van der Waals surface area contributed by atoms with Crippen LogP contribution in [0, 0.1) is 11.7 Å². The van der Waals surface area contributed by atoms with Crippen molar-refractivity contribution in [2.24, 2.45) is 10.9 Å². The molecule has 1 aliphatic rings. The summed E-state index contributed by atoms with van der Waals surface area (Å²) in [6.45, 7) is 2.91. The van der Waals surface area contributed by atoms with Gasteiger partial charge in [-0.25, -0.2) is 4.39 Å². The van der Waals surface area contributed by atoms with E-state index in [1.54, 1.807) is 13.1 Å². The summed E-state index contributed by atoms with van der Waals surface area (Å²) in [4.78, 5) is 4.22. The van der Waals surface area contributed by atoms with Crippen LogP contribution in [-0.4, -0.2) is 25.6 Å². The number of guanidine groups is 1. The molecule has 0 heterocycles. The van der Waals surface area contributed by atoms with E-state index in [0.29, 0.717) is 19.0 Å². The van der Waals surface area contributed by atoms with Gasteiger partial charge in [-0.3, -0.25) is 4.99 Å². The molecule has 3 nitrogen and oxygen atoms in total. The zero-order chi connectivity index (χ0) is 14.4. The Hall–Kier alpha value is -0.850. The molecule has 0 bridgehead atoms. The van der Waals surface area contributed by atoms with Crippen LogP contribution in [0.5, 0.6) is 0 Å². The molecule has 2 unspecified atom stereocenters. The number of hydrogen-bond donors (Lipinski definition) is 2. The van der Waals surface area contributed by atoms with Crippen LogP contribution in [0.15, 0.2) is 29.3 Å². The van der Waals surface area contributed by atoms with Crippen molar-refractivity contribution in [1.29, 1.82) is 0 Å². The second-order valence-electron chi connectivity index (χ2n) is 5.38. The predicted octanol–water partition coefficient (Wildman–Crippen LogP) is 3.34. The van der Waals surface area contributed by atoms with Crippen molar-refractivity contribution in [3.05, 3.63) is 35.6 Å². The molecule has 5 heteroatoms. The number of aliphatic imine (C=N–C) groups is 1. The Morgan fingerprint density at radius 1 is 1.38 bits per heavy atom. The van der Waals surface area contributed by atoms with E-state index in [2.05, 4.69) is 22.5 Å². The highest BCUT2D eigenvalue weighted by molar-refractivity contribution is 14.0. The summed E-state index contributed by atoms with van der Waals surface area (Å²) in [5.74, 6) is 1.48. The second-order valence-corrected chi connectivity index (χ2v) is 5.38. The Morgan fingerprint density at radius 3 is 2.81 bits per heavy atom. The standard InChI is InChI=1S/C16H24FN3.HI/c1-3-6-13-11-15(13)20-16(18-2)19-10-9-12-7-4-5-8-14(12)17;/h4-5,7-8,13,15H,3,6,9-11H2,1-2H3,(H2,18,19,20);1H. The average Bonchev–Trinajstić information content (AvgIpc) is 3.18. The van der Waals surface area contributed by atoms with E-state index in [9.17, 15) is 4.39 Å². The molecule has 0 aliphatic heterocycles. The summed E-state index contributed by atoms with van der Waals surface area (Å²) < 4.78 is 13.5. The number of nitrogens with one attached hydrogen (secondary N) is 2. The fourth-order valence-electron chi connectivity index (χ4n) is 2.50. The molecular formula is C16H25FIN3. The lowest BCUT2D eigenvalue weighted by molar-refractivity contribution is 0.606. The molecule has 1 fully saturated rings. The van der Waals surface area contributed by atoms with Crippen LogP contribution in [0.2, 0.25) is 0 Å². The van der Waals surface area contributed by atoms with Gasteiger partial charge >= 0.3 is 0 Å². The van der Waals surface area contributed by atoms with Gasteiger partial charge in [-0.1, -0.05) is 31.5 Å². The fourth-order valence-corrected chi connectivity index (χ4v) is 2.50. The number of nitrogens with zero attached hydrogens (tertiary/aromatic N) is 1. The molecule has 1 saturated carbocycles. The molecule has 2 atom stereocenters. The van der Waals surface area contributed by atoms with E-state index in [0.717, 1.165) is 17.4 Å². The van der Waals surface area contributed by atoms with Crippen molar-refractivity contribution in [3.8, 4) is 0 Å². The van der Waals surface area contributed by atoms with Gasteiger partial charge in [0.2, 0.25) is 0 Å². The lowest BCUT2D eigenvalue weighted by Crippen LogP contribution is -2.40. The second kappa shape index (κ2) is 9.23. The van der Waals surface area contributed by atoms with Gasteiger partial charge in [-0.2, -0.15) is 0 Å². The third kappa shape index (κ3) is 5.80. The maximum Gasteiger partial charge on any atom is 0.191 e. The Kier molecular flexibility index (Phi) is 8.00. The van der Waals surface area contributed by atoms with Crippen LogP contribution in [0.3, 0.4) is 0 Å². The van der Waals surface area contributed by atoms with Gasteiger partial charge in [0.1, 0.15) is 5.82 Å². The first-order valence-electron chi connectivity index (χ1n) is 7.45. The normalized spacial score (nSPS) is 20.6. The fraction of sp³-hybridized carbons (Fsp3) is 0.562. The van der Waals surface area contributed by atoms with Gasteiger partial charge in [0.05, 0.1) is 0 Å². The van der Waals surface area contributed by atoms with E-state index in [4.69, 9.17) is 0 Å². The summed E-state index contributed by atoms with van der Waals surface area (Å²) in [6.07, 6.45) is 4.42. The first kappa shape index (κ1) is 18.2. The summed E-state index contributed by atoms with van der Waals surface area (Å²) in [5, 5.41) is 6.67. The molecule has 1 aromatic rings. The van der Waals surface area contributed by atoms with Gasteiger partial charge in [0.25, 0.3) is 0 Å². The van der Waals surface area contributed by atoms with Crippen molar-refractivity contribution in [2.45, 2.75) is 38.6 Å². The van der Waals surface area contributed by atoms with Crippen LogP contribution in [0.4, 0.5) is 4.39 Å². The van der Waals surface area contributed by atoms with Gasteiger partial charge in [0.15, 0.2) is 5.96 Å². The zero-order valence-corrected chi connectivity index (χ0v) is 15.1. The highest BCUT2D eigenvalue weighted by Gasteiger charge is 2.36. The molecule has 1 aromatic carbocycles. The lowest BCUT2D eigenvalue weighted by atomic mass is 10.1. The molecule has 1 aliphatic carbocycles. The minimum Gasteiger partial charge on any atom is -0.356 e. The quantitative estimate of drug-likeness (QED) is 0.433. The monoisotopic (exact) mass is 405 g/mol. The molecule has 0 aromatic heterocycles. The molecule has 118 valence electrons. The Bertz CT molecular complexity index is 465.